The summed E-state index contributed by atoms with van der Waals surface area (Å²) in [6.07, 6.45) is 5.10. The summed E-state index contributed by atoms with van der Waals surface area (Å²) in [5.41, 5.74) is 6.30. The minimum absolute atomic E-state index is 0.250. The van der Waals surface area contributed by atoms with E-state index in [0.29, 0.717) is 0 Å². The molecule has 3 nitrogen and oxygen atoms in total. The van der Waals surface area contributed by atoms with Crippen molar-refractivity contribution in [1.82, 2.24) is 9.38 Å². The third kappa shape index (κ3) is 3.45. The number of benzene rings is 2. The molecule has 2 heterocycles. The van der Waals surface area contributed by atoms with Crippen LogP contribution in [0.3, 0.4) is 0 Å². The first-order valence-corrected chi connectivity index (χ1v) is 9.30. The van der Waals surface area contributed by atoms with Crippen LogP contribution in [0.1, 0.15) is 40.9 Å². The van der Waals surface area contributed by atoms with Crippen LogP contribution in [0.25, 0.3) is 5.52 Å². The van der Waals surface area contributed by atoms with Crippen LogP contribution >= 0.6 is 0 Å². The minimum Gasteiger partial charge on any atom is -0.497 e. The Morgan fingerprint density at radius 3 is 2.48 bits per heavy atom. The zero-order chi connectivity index (χ0) is 18.8. The van der Waals surface area contributed by atoms with Gasteiger partial charge in [-0.2, -0.15) is 0 Å². The smallest absolute Gasteiger partial charge is 0.120 e. The van der Waals surface area contributed by atoms with Crippen molar-refractivity contribution >= 4 is 5.52 Å². The molecule has 0 aliphatic carbocycles. The molecule has 136 valence electrons. The fourth-order valence-corrected chi connectivity index (χ4v) is 3.57. The molecule has 0 fully saturated rings. The van der Waals surface area contributed by atoms with Crippen molar-refractivity contribution in [3.8, 4) is 5.75 Å². The number of pyridine rings is 1. The third-order valence-corrected chi connectivity index (χ3v) is 5.25. The van der Waals surface area contributed by atoms with E-state index in [1.807, 2.05) is 18.3 Å². The van der Waals surface area contributed by atoms with Gasteiger partial charge in [0.1, 0.15) is 11.6 Å². The predicted octanol–water partition coefficient (Wildman–Crippen LogP) is 5.39. The number of imidazole rings is 1. The van der Waals surface area contributed by atoms with E-state index in [4.69, 9.17) is 9.72 Å². The van der Waals surface area contributed by atoms with Gasteiger partial charge in [0.05, 0.1) is 18.8 Å². The first kappa shape index (κ1) is 17.3. The molecule has 27 heavy (non-hydrogen) atoms. The molecule has 0 amide bonds. The quantitative estimate of drug-likeness (QED) is 0.479. The third-order valence-electron chi connectivity index (χ3n) is 5.25. The zero-order valence-corrected chi connectivity index (χ0v) is 16.0. The first-order chi connectivity index (χ1) is 13.2. The Balaban J connectivity index is 1.66. The summed E-state index contributed by atoms with van der Waals surface area (Å²) in [5.74, 6) is 2.22. The molecule has 2 aromatic heterocycles. The zero-order valence-electron chi connectivity index (χ0n) is 16.0. The van der Waals surface area contributed by atoms with Crippen molar-refractivity contribution in [3.05, 3.63) is 101 Å². The van der Waals surface area contributed by atoms with Crippen molar-refractivity contribution in [1.29, 1.82) is 0 Å². The van der Waals surface area contributed by atoms with Crippen molar-refractivity contribution in [2.24, 2.45) is 0 Å². The molecule has 0 saturated carbocycles. The highest BCUT2D eigenvalue weighted by Crippen LogP contribution is 2.26. The second-order valence-electron chi connectivity index (χ2n) is 7.05. The maximum atomic E-state index is 5.25. The van der Waals surface area contributed by atoms with Gasteiger partial charge in [0, 0.05) is 12.1 Å². The summed E-state index contributed by atoms with van der Waals surface area (Å²) >= 11 is 0. The highest BCUT2D eigenvalue weighted by Gasteiger charge is 2.15. The number of ether oxygens (including phenoxy) is 1. The van der Waals surface area contributed by atoms with Gasteiger partial charge in [-0.3, -0.25) is 0 Å². The summed E-state index contributed by atoms with van der Waals surface area (Å²) in [7, 11) is 1.70. The van der Waals surface area contributed by atoms with Gasteiger partial charge in [-0.25, -0.2) is 4.98 Å². The second-order valence-corrected chi connectivity index (χ2v) is 7.05. The molecule has 4 aromatic rings. The molecule has 0 aliphatic heterocycles. The van der Waals surface area contributed by atoms with E-state index in [-0.39, 0.29) is 5.92 Å². The van der Waals surface area contributed by atoms with Crippen LogP contribution in [-0.2, 0) is 6.42 Å². The lowest BCUT2D eigenvalue weighted by Gasteiger charge is -2.13. The summed E-state index contributed by atoms with van der Waals surface area (Å²) in [6.45, 7) is 4.39. The van der Waals surface area contributed by atoms with E-state index >= 15 is 0 Å². The monoisotopic (exact) mass is 356 g/mol. The Labute approximate surface area is 160 Å². The standard InChI is InChI=1S/C24H24N2O/c1-17-16-26-22(14-21(17)13-19-9-11-23(27-3)12-10-19)15-25-24(26)18(2)20-7-5-4-6-8-20/h4-12,14-16,18H,13H2,1-3H3/t18-/m1/s1. The first-order valence-electron chi connectivity index (χ1n) is 9.30. The molecule has 2 aromatic carbocycles. The molecular weight excluding hydrogens is 332 g/mol. The van der Waals surface area contributed by atoms with E-state index in [0.717, 1.165) is 23.5 Å². The molecule has 1 atom stereocenters. The van der Waals surface area contributed by atoms with Crippen molar-refractivity contribution in [2.75, 3.05) is 7.11 Å². The molecular formula is C24H24N2O. The van der Waals surface area contributed by atoms with Crippen LogP contribution in [-0.4, -0.2) is 16.5 Å². The Bertz CT molecular complexity index is 1050. The van der Waals surface area contributed by atoms with Crippen LogP contribution in [0.4, 0.5) is 0 Å². The van der Waals surface area contributed by atoms with Gasteiger partial charge in [0.2, 0.25) is 0 Å². The molecule has 0 N–H and O–H groups in total. The number of aryl methyl sites for hydroxylation is 1. The molecule has 0 saturated heterocycles. The molecule has 0 aliphatic rings. The van der Waals surface area contributed by atoms with Gasteiger partial charge in [-0.1, -0.05) is 49.4 Å². The Morgan fingerprint density at radius 2 is 1.78 bits per heavy atom. The van der Waals surface area contributed by atoms with Crippen molar-refractivity contribution in [2.45, 2.75) is 26.2 Å². The molecule has 0 spiro atoms. The molecule has 4 rings (SSSR count). The summed E-state index contributed by atoms with van der Waals surface area (Å²) in [5, 5.41) is 0. The van der Waals surface area contributed by atoms with Gasteiger partial charge >= 0.3 is 0 Å². The average Bonchev–Trinajstić information content (AvgIpc) is 3.11. The Kier molecular flexibility index (Phi) is 4.68. The van der Waals surface area contributed by atoms with E-state index in [9.17, 15) is 0 Å². The molecule has 0 bridgehead atoms. The number of rotatable bonds is 5. The SMILES string of the molecule is COc1ccc(Cc2cc3cnc([C@H](C)c4ccccc4)n3cc2C)cc1. The lowest BCUT2D eigenvalue weighted by Crippen LogP contribution is -2.04. The second kappa shape index (κ2) is 7.28. The Hall–Kier alpha value is -3.07. The summed E-state index contributed by atoms with van der Waals surface area (Å²) in [4.78, 5) is 4.73. The average molecular weight is 356 g/mol. The number of hydrogen-bond acceptors (Lipinski definition) is 2. The number of aromatic nitrogens is 2. The molecule has 0 unspecified atom stereocenters. The number of hydrogen-bond donors (Lipinski definition) is 0. The van der Waals surface area contributed by atoms with Crippen LogP contribution in [0.2, 0.25) is 0 Å². The number of fused-ring (bicyclic) bond motifs is 1. The van der Waals surface area contributed by atoms with Crippen LogP contribution in [0, 0.1) is 6.92 Å². The van der Waals surface area contributed by atoms with E-state index in [2.05, 4.69) is 73.0 Å². The minimum atomic E-state index is 0.250. The normalized spacial score (nSPS) is 12.3. The van der Waals surface area contributed by atoms with E-state index in [1.54, 1.807) is 7.11 Å². The van der Waals surface area contributed by atoms with E-state index < -0.39 is 0 Å². The maximum Gasteiger partial charge on any atom is 0.120 e. The summed E-state index contributed by atoms with van der Waals surface area (Å²) < 4.78 is 7.48. The van der Waals surface area contributed by atoms with Crippen LogP contribution < -0.4 is 4.74 Å². The van der Waals surface area contributed by atoms with Crippen LogP contribution in [0.5, 0.6) is 5.75 Å². The topological polar surface area (TPSA) is 26.5 Å². The largest absolute Gasteiger partial charge is 0.497 e. The van der Waals surface area contributed by atoms with Gasteiger partial charge in [-0.05, 0) is 53.8 Å². The fraction of sp³-hybridized carbons (Fsp3) is 0.208. The van der Waals surface area contributed by atoms with Gasteiger partial charge < -0.3 is 9.14 Å². The van der Waals surface area contributed by atoms with Crippen LogP contribution in [0.15, 0.2) is 73.1 Å². The number of methoxy groups -OCH3 is 1. The van der Waals surface area contributed by atoms with Crippen molar-refractivity contribution in [3.63, 3.8) is 0 Å². The van der Waals surface area contributed by atoms with Gasteiger partial charge in [-0.15, -0.1) is 0 Å². The van der Waals surface area contributed by atoms with Gasteiger partial charge in [0.15, 0.2) is 0 Å². The Morgan fingerprint density at radius 1 is 1.04 bits per heavy atom. The van der Waals surface area contributed by atoms with E-state index in [1.165, 1.54) is 22.3 Å². The van der Waals surface area contributed by atoms with Crippen molar-refractivity contribution < 1.29 is 4.74 Å². The lowest BCUT2D eigenvalue weighted by molar-refractivity contribution is 0.414. The number of nitrogens with zero attached hydrogens (tertiary/aromatic N) is 2. The maximum absolute atomic E-state index is 5.25. The van der Waals surface area contributed by atoms with Gasteiger partial charge in [0.25, 0.3) is 0 Å². The highest BCUT2D eigenvalue weighted by atomic mass is 16.5. The lowest BCUT2D eigenvalue weighted by atomic mass is 10.00. The predicted molar refractivity (Wildman–Crippen MR) is 110 cm³/mol. The summed E-state index contributed by atoms with van der Waals surface area (Å²) in [6, 6.07) is 21.1. The fourth-order valence-electron chi connectivity index (χ4n) is 3.57. The molecule has 0 radical (unpaired) electrons. The molecule has 3 heteroatoms. The highest BCUT2D eigenvalue weighted by molar-refractivity contribution is 5.52.